The number of methoxy groups -OCH3 is 1. The molecule has 4 nitrogen and oxygen atoms in total. The molecule has 1 aliphatic carbocycles. The number of pyridine rings is 1. The molecule has 0 atom stereocenters. The molecular formula is C15H11NO3. The van der Waals surface area contributed by atoms with E-state index in [-0.39, 0.29) is 11.6 Å². The minimum atomic E-state index is -0.840. The van der Waals surface area contributed by atoms with E-state index in [1.54, 1.807) is 42.5 Å². The molecule has 3 rings (SSSR count). The Morgan fingerprint density at radius 1 is 0.947 bits per heavy atom. The first-order chi connectivity index (χ1) is 9.22. The predicted molar refractivity (Wildman–Crippen MR) is 68.6 cm³/mol. The summed E-state index contributed by atoms with van der Waals surface area (Å²) in [6, 6.07) is 11.9. The van der Waals surface area contributed by atoms with E-state index in [2.05, 4.69) is 4.98 Å². The van der Waals surface area contributed by atoms with Crippen LogP contribution in [0.4, 0.5) is 0 Å². The van der Waals surface area contributed by atoms with Gasteiger partial charge >= 0.3 is 0 Å². The zero-order valence-corrected chi connectivity index (χ0v) is 10.3. The van der Waals surface area contributed by atoms with Crippen molar-refractivity contribution in [2.24, 2.45) is 0 Å². The van der Waals surface area contributed by atoms with Gasteiger partial charge in [-0.2, -0.15) is 0 Å². The molecule has 0 saturated carbocycles. The molecule has 1 heterocycles. The molecule has 1 aromatic heterocycles. The summed E-state index contributed by atoms with van der Waals surface area (Å²) in [6.45, 7) is 0. The zero-order chi connectivity index (χ0) is 13.4. The van der Waals surface area contributed by atoms with Crippen molar-refractivity contribution in [3.8, 4) is 5.88 Å². The quantitative estimate of drug-likeness (QED) is 0.770. The third-order valence-corrected chi connectivity index (χ3v) is 3.23. The highest BCUT2D eigenvalue weighted by Crippen LogP contribution is 2.33. The van der Waals surface area contributed by atoms with Crippen LogP contribution in [0.15, 0.2) is 42.5 Å². The summed E-state index contributed by atoms with van der Waals surface area (Å²) in [5.41, 5.74) is 1.38. The van der Waals surface area contributed by atoms with Crippen LogP contribution in [0.3, 0.4) is 0 Å². The van der Waals surface area contributed by atoms with Crippen LogP contribution in [0.5, 0.6) is 5.88 Å². The highest BCUT2D eigenvalue weighted by molar-refractivity contribution is 6.29. The lowest BCUT2D eigenvalue weighted by Gasteiger charge is -2.07. The van der Waals surface area contributed by atoms with Crippen molar-refractivity contribution in [1.29, 1.82) is 0 Å². The van der Waals surface area contributed by atoms with Gasteiger partial charge in [0.15, 0.2) is 11.6 Å². The second-order valence-corrected chi connectivity index (χ2v) is 4.31. The lowest BCUT2D eigenvalue weighted by molar-refractivity contribution is 0.0888. The number of ether oxygens (including phenoxy) is 1. The number of Topliss-reactive ketones (excluding diaryl/α,β-unsaturated/α-hetero) is 2. The Labute approximate surface area is 110 Å². The van der Waals surface area contributed by atoms with Gasteiger partial charge in [-0.25, -0.2) is 4.98 Å². The predicted octanol–water partition coefficient (Wildman–Crippen LogP) is 2.25. The number of aromatic nitrogens is 1. The van der Waals surface area contributed by atoms with Crippen molar-refractivity contribution in [3.05, 3.63) is 59.3 Å². The maximum absolute atomic E-state index is 12.3. The Bertz CT molecular complexity index is 644. The Balaban J connectivity index is 2.08. The van der Waals surface area contributed by atoms with E-state index >= 15 is 0 Å². The van der Waals surface area contributed by atoms with Crippen LogP contribution in [-0.4, -0.2) is 23.7 Å². The van der Waals surface area contributed by atoms with Crippen LogP contribution >= 0.6 is 0 Å². The molecule has 19 heavy (non-hydrogen) atoms. The van der Waals surface area contributed by atoms with E-state index in [0.29, 0.717) is 22.7 Å². The Hall–Kier alpha value is -2.49. The number of carbonyl (C=O) groups is 2. The fraction of sp³-hybridized carbons (Fsp3) is 0.133. The molecule has 0 amide bonds. The van der Waals surface area contributed by atoms with Crippen molar-refractivity contribution in [3.63, 3.8) is 0 Å². The van der Waals surface area contributed by atoms with E-state index in [4.69, 9.17) is 4.74 Å². The number of fused-ring (bicyclic) bond motifs is 1. The zero-order valence-electron chi connectivity index (χ0n) is 10.3. The van der Waals surface area contributed by atoms with Gasteiger partial charge in [-0.15, -0.1) is 0 Å². The molecule has 1 aromatic carbocycles. The third-order valence-electron chi connectivity index (χ3n) is 3.23. The van der Waals surface area contributed by atoms with Gasteiger partial charge in [0.05, 0.1) is 12.8 Å². The summed E-state index contributed by atoms with van der Waals surface area (Å²) >= 11 is 0. The number of hydrogen-bond acceptors (Lipinski definition) is 4. The monoisotopic (exact) mass is 253 g/mol. The van der Waals surface area contributed by atoms with Crippen molar-refractivity contribution < 1.29 is 14.3 Å². The molecular weight excluding hydrogens is 242 g/mol. The van der Waals surface area contributed by atoms with Gasteiger partial charge in [-0.1, -0.05) is 30.3 Å². The molecule has 0 fully saturated rings. The summed E-state index contributed by atoms with van der Waals surface area (Å²) < 4.78 is 5.03. The van der Waals surface area contributed by atoms with Crippen LogP contribution in [0.25, 0.3) is 0 Å². The Morgan fingerprint density at radius 3 is 2.16 bits per heavy atom. The molecule has 0 spiro atoms. The summed E-state index contributed by atoms with van der Waals surface area (Å²) in [5.74, 6) is -0.829. The van der Waals surface area contributed by atoms with E-state index in [1.807, 2.05) is 0 Å². The number of hydrogen-bond donors (Lipinski definition) is 0. The van der Waals surface area contributed by atoms with Gasteiger partial charge in [0, 0.05) is 17.2 Å². The van der Waals surface area contributed by atoms with Gasteiger partial charge in [0.25, 0.3) is 0 Å². The maximum atomic E-state index is 12.3. The van der Waals surface area contributed by atoms with Crippen LogP contribution in [0.1, 0.15) is 32.3 Å². The van der Waals surface area contributed by atoms with Gasteiger partial charge in [0.1, 0.15) is 5.92 Å². The Morgan fingerprint density at radius 2 is 1.58 bits per heavy atom. The fourth-order valence-electron chi connectivity index (χ4n) is 2.32. The SMILES string of the molecule is COc1cccc(C2C(=O)c3ccccc3C2=O)n1. The maximum Gasteiger partial charge on any atom is 0.213 e. The van der Waals surface area contributed by atoms with Gasteiger partial charge < -0.3 is 4.74 Å². The molecule has 1 aliphatic rings. The summed E-state index contributed by atoms with van der Waals surface area (Å²) in [7, 11) is 1.50. The summed E-state index contributed by atoms with van der Waals surface area (Å²) in [4.78, 5) is 28.8. The number of ketones is 2. The molecule has 4 heteroatoms. The van der Waals surface area contributed by atoms with Crippen molar-refractivity contribution in [2.75, 3.05) is 7.11 Å². The van der Waals surface area contributed by atoms with E-state index in [9.17, 15) is 9.59 Å². The number of carbonyl (C=O) groups excluding carboxylic acids is 2. The van der Waals surface area contributed by atoms with Gasteiger partial charge in [-0.05, 0) is 6.07 Å². The minimum Gasteiger partial charge on any atom is -0.481 e. The highest BCUT2D eigenvalue weighted by Gasteiger charge is 2.40. The average molecular weight is 253 g/mol. The molecule has 0 aliphatic heterocycles. The molecule has 2 aromatic rings. The molecule has 0 N–H and O–H groups in total. The van der Waals surface area contributed by atoms with E-state index in [1.165, 1.54) is 7.11 Å². The van der Waals surface area contributed by atoms with E-state index < -0.39 is 5.92 Å². The molecule has 0 unspecified atom stereocenters. The first-order valence-electron chi connectivity index (χ1n) is 5.91. The van der Waals surface area contributed by atoms with Gasteiger partial charge in [-0.3, -0.25) is 9.59 Å². The molecule has 94 valence electrons. The average Bonchev–Trinajstić information content (AvgIpc) is 2.72. The lowest BCUT2D eigenvalue weighted by Crippen LogP contribution is -2.14. The van der Waals surface area contributed by atoms with Crippen LogP contribution in [-0.2, 0) is 0 Å². The third kappa shape index (κ3) is 1.73. The summed E-state index contributed by atoms with van der Waals surface area (Å²) in [6.07, 6.45) is 0. The highest BCUT2D eigenvalue weighted by atomic mass is 16.5. The minimum absolute atomic E-state index is 0.193. The molecule has 0 saturated heterocycles. The smallest absolute Gasteiger partial charge is 0.213 e. The first-order valence-corrected chi connectivity index (χ1v) is 5.91. The lowest BCUT2D eigenvalue weighted by atomic mass is 9.99. The largest absolute Gasteiger partial charge is 0.481 e. The number of rotatable bonds is 2. The van der Waals surface area contributed by atoms with Crippen molar-refractivity contribution in [2.45, 2.75) is 5.92 Å². The number of benzene rings is 1. The molecule has 0 radical (unpaired) electrons. The van der Waals surface area contributed by atoms with E-state index in [0.717, 1.165) is 0 Å². The van der Waals surface area contributed by atoms with Gasteiger partial charge in [0.2, 0.25) is 5.88 Å². The molecule has 0 bridgehead atoms. The van der Waals surface area contributed by atoms with Crippen LogP contribution in [0, 0.1) is 0 Å². The summed E-state index contributed by atoms with van der Waals surface area (Å²) in [5, 5.41) is 0. The normalized spacial score (nSPS) is 14.6. The van der Waals surface area contributed by atoms with Crippen molar-refractivity contribution >= 4 is 11.6 Å². The topological polar surface area (TPSA) is 56.3 Å². The number of nitrogens with zero attached hydrogens (tertiary/aromatic N) is 1. The standard InChI is InChI=1S/C15H11NO3/c1-19-12-8-4-7-11(16-12)13-14(17)9-5-2-3-6-10(9)15(13)18/h2-8,13H,1H3. The second-order valence-electron chi connectivity index (χ2n) is 4.31. The van der Waals surface area contributed by atoms with Crippen LogP contribution in [0.2, 0.25) is 0 Å². The first kappa shape index (κ1) is 11.6. The fourth-order valence-corrected chi connectivity index (χ4v) is 2.32. The van der Waals surface area contributed by atoms with Crippen LogP contribution < -0.4 is 4.74 Å². The Kier molecular flexibility index (Phi) is 2.63. The second kappa shape index (κ2) is 4.31. The van der Waals surface area contributed by atoms with Crippen molar-refractivity contribution in [1.82, 2.24) is 4.98 Å².